The molecule has 1 aromatic carbocycles. The van der Waals surface area contributed by atoms with Crippen molar-refractivity contribution >= 4 is 22.4 Å². The van der Waals surface area contributed by atoms with Crippen molar-refractivity contribution in [2.45, 2.75) is 71.8 Å². The standard InChI is InChI=1S/C22H36N4/c1-5-6-13-24-20-16-18-15-17(11-12-19(18)26-21(20)23)10-8-7-9-14-25-22(2,3)4/h11-12,15-16,24-25H,5-10,13-14H2,1-4H3,(H2,23,26). The first-order chi connectivity index (χ1) is 12.4. The number of nitrogens with one attached hydrogen (secondary N) is 2. The van der Waals surface area contributed by atoms with Gasteiger partial charge in [-0.3, -0.25) is 0 Å². The molecule has 4 nitrogen and oxygen atoms in total. The molecule has 2 rings (SSSR count). The maximum Gasteiger partial charge on any atom is 0.147 e. The van der Waals surface area contributed by atoms with Gasteiger partial charge in [0.2, 0.25) is 0 Å². The normalized spacial score (nSPS) is 11.8. The lowest BCUT2D eigenvalue weighted by atomic mass is 10.0. The van der Waals surface area contributed by atoms with Crippen LogP contribution < -0.4 is 16.4 Å². The van der Waals surface area contributed by atoms with E-state index in [0.717, 1.165) is 37.1 Å². The van der Waals surface area contributed by atoms with Gasteiger partial charge in [-0.05, 0) is 76.8 Å². The van der Waals surface area contributed by atoms with Gasteiger partial charge in [-0.25, -0.2) is 4.98 Å². The van der Waals surface area contributed by atoms with Crippen LogP contribution >= 0.6 is 0 Å². The third-order valence-corrected chi connectivity index (χ3v) is 4.55. The van der Waals surface area contributed by atoms with Crippen molar-refractivity contribution in [3.63, 3.8) is 0 Å². The Bertz CT molecular complexity index is 688. The van der Waals surface area contributed by atoms with Crippen molar-refractivity contribution in [1.29, 1.82) is 0 Å². The molecule has 1 aromatic heterocycles. The molecule has 144 valence electrons. The lowest BCUT2D eigenvalue weighted by Gasteiger charge is -2.20. The molecule has 0 fully saturated rings. The summed E-state index contributed by atoms with van der Waals surface area (Å²) in [5, 5.41) is 8.13. The minimum atomic E-state index is 0.218. The van der Waals surface area contributed by atoms with Crippen LogP contribution in [0.1, 0.15) is 65.4 Å². The topological polar surface area (TPSA) is 63.0 Å². The maximum absolute atomic E-state index is 6.08. The minimum absolute atomic E-state index is 0.218. The Morgan fingerprint density at radius 3 is 2.54 bits per heavy atom. The molecule has 26 heavy (non-hydrogen) atoms. The number of nitrogens with two attached hydrogens (primary N) is 1. The summed E-state index contributed by atoms with van der Waals surface area (Å²) in [6.45, 7) is 10.9. The van der Waals surface area contributed by atoms with E-state index in [1.807, 2.05) is 0 Å². The van der Waals surface area contributed by atoms with E-state index in [2.05, 4.69) is 67.6 Å². The highest BCUT2D eigenvalue weighted by Crippen LogP contribution is 2.24. The summed E-state index contributed by atoms with van der Waals surface area (Å²) < 4.78 is 0. The Hall–Kier alpha value is -1.81. The number of fused-ring (bicyclic) bond motifs is 1. The molecule has 0 aliphatic rings. The molecular weight excluding hydrogens is 320 g/mol. The second-order valence-electron chi connectivity index (χ2n) is 8.22. The first-order valence-electron chi connectivity index (χ1n) is 10.1. The largest absolute Gasteiger partial charge is 0.382 e. The number of nitrogen functional groups attached to an aromatic ring is 1. The highest BCUT2D eigenvalue weighted by Gasteiger charge is 2.07. The lowest BCUT2D eigenvalue weighted by Crippen LogP contribution is -2.36. The Labute approximate surface area is 159 Å². The Morgan fingerprint density at radius 1 is 1.00 bits per heavy atom. The van der Waals surface area contributed by atoms with Crippen molar-refractivity contribution < 1.29 is 0 Å². The first-order valence-corrected chi connectivity index (χ1v) is 10.1. The number of anilines is 2. The van der Waals surface area contributed by atoms with Gasteiger partial charge in [-0.2, -0.15) is 0 Å². The number of aryl methyl sites for hydroxylation is 1. The van der Waals surface area contributed by atoms with Gasteiger partial charge in [0.15, 0.2) is 0 Å². The molecule has 0 amide bonds. The fraction of sp³-hybridized carbons (Fsp3) is 0.591. The van der Waals surface area contributed by atoms with E-state index in [1.54, 1.807) is 0 Å². The lowest BCUT2D eigenvalue weighted by molar-refractivity contribution is 0.417. The van der Waals surface area contributed by atoms with E-state index in [9.17, 15) is 0 Å². The van der Waals surface area contributed by atoms with E-state index < -0.39 is 0 Å². The van der Waals surface area contributed by atoms with Crippen LogP contribution in [-0.4, -0.2) is 23.6 Å². The molecule has 0 aliphatic heterocycles. The first kappa shape index (κ1) is 20.5. The second kappa shape index (κ2) is 9.77. The molecule has 4 N–H and O–H groups in total. The van der Waals surface area contributed by atoms with Crippen LogP contribution in [0.4, 0.5) is 11.5 Å². The summed E-state index contributed by atoms with van der Waals surface area (Å²) in [7, 11) is 0. The van der Waals surface area contributed by atoms with Crippen LogP contribution in [0.5, 0.6) is 0 Å². The van der Waals surface area contributed by atoms with Gasteiger partial charge in [0, 0.05) is 17.5 Å². The molecular formula is C22H36N4. The smallest absolute Gasteiger partial charge is 0.147 e. The van der Waals surface area contributed by atoms with Crippen molar-refractivity contribution in [2.75, 3.05) is 24.1 Å². The van der Waals surface area contributed by atoms with E-state index >= 15 is 0 Å². The predicted molar refractivity (Wildman–Crippen MR) is 115 cm³/mol. The Morgan fingerprint density at radius 2 is 1.81 bits per heavy atom. The van der Waals surface area contributed by atoms with Crippen LogP contribution in [0.15, 0.2) is 24.3 Å². The van der Waals surface area contributed by atoms with Crippen molar-refractivity contribution in [3.05, 3.63) is 29.8 Å². The van der Waals surface area contributed by atoms with E-state index in [1.165, 1.54) is 36.6 Å². The minimum Gasteiger partial charge on any atom is -0.382 e. The molecule has 0 saturated heterocycles. The van der Waals surface area contributed by atoms with Gasteiger partial charge < -0.3 is 16.4 Å². The van der Waals surface area contributed by atoms with Crippen LogP contribution in [-0.2, 0) is 6.42 Å². The maximum atomic E-state index is 6.08. The molecule has 2 aromatic rings. The van der Waals surface area contributed by atoms with Crippen LogP contribution in [0, 0.1) is 0 Å². The third-order valence-electron chi connectivity index (χ3n) is 4.55. The van der Waals surface area contributed by atoms with Crippen molar-refractivity contribution in [1.82, 2.24) is 10.3 Å². The van der Waals surface area contributed by atoms with Crippen LogP contribution in [0.3, 0.4) is 0 Å². The average Bonchev–Trinajstić information content (AvgIpc) is 2.58. The predicted octanol–water partition coefficient (Wildman–Crippen LogP) is 5.13. The SMILES string of the molecule is CCCCNc1cc2cc(CCCCCNC(C)(C)C)ccc2nc1N. The zero-order valence-corrected chi connectivity index (χ0v) is 17.0. The number of pyridine rings is 1. The zero-order chi connectivity index (χ0) is 19.0. The number of aromatic nitrogens is 1. The summed E-state index contributed by atoms with van der Waals surface area (Å²) in [5.41, 5.74) is 9.61. The summed E-state index contributed by atoms with van der Waals surface area (Å²) >= 11 is 0. The summed E-state index contributed by atoms with van der Waals surface area (Å²) in [5.74, 6) is 0.590. The van der Waals surface area contributed by atoms with Gasteiger partial charge in [0.05, 0.1) is 11.2 Å². The highest BCUT2D eigenvalue weighted by atomic mass is 15.0. The summed E-state index contributed by atoms with van der Waals surface area (Å²) in [4.78, 5) is 4.55. The van der Waals surface area contributed by atoms with Gasteiger partial charge >= 0.3 is 0 Å². The third kappa shape index (κ3) is 6.83. The Balaban J connectivity index is 1.89. The molecule has 0 spiro atoms. The fourth-order valence-corrected chi connectivity index (χ4v) is 3.03. The monoisotopic (exact) mass is 356 g/mol. The Kier molecular flexibility index (Phi) is 7.70. The highest BCUT2D eigenvalue weighted by molar-refractivity contribution is 5.86. The molecule has 0 unspecified atom stereocenters. The van der Waals surface area contributed by atoms with Crippen LogP contribution in [0.2, 0.25) is 0 Å². The second-order valence-corrected chi connectivity index (χ2v) is 8.22. The molecule has 0 atom stereocenters. The summed E-state index contributed by atoms with van der Waals surface area (Å²) in [6, 6.07) is 8.69. The van der Waals surface area contributed by atoms with E-state index in [0.29, 0.717) is 5.82 Å². The van der Waals surface area contributed by atoms with Crippen molar-refractivity contribution in [3.8, 4) is 0 Å². The zero-order valence-electron chi connectivity index (χ0n) is 17.0. The number of hydrogen-bond donors (Lipinski definition) is 3. The van der Waals surface area contributed by atoms with Gasteiger partial charge in [0.1, 0.15) is 5.82 Å². The average molecular weight is 357 g/mol. The molecule has 0 radical (unpaired) electrons. The molecule has 0 saturated carbocycles. The molecule has 4 heteroatoms. The summed E-state index contributed by atoms with van der Waals surface area (Å²) in [6.07, 6.45) is 7.14. The fourth-order valence-electron chi connectivity index (χ4n) is 3.03. The van der Waals surface area contributed by atoms with Gasteiger partial charge in [0.25, 0.3) is 0 Å². The number of hydrogen-bond acceptors (Lipinski definition) is 4. The number of benzene rings is 1. The quantitative estimate of drug-likeness (QED) is 0.516. The van der Waals surface area contributed by atoms with E-state index in [4.69, 9.17) is 5.73 Å². The van der Waals surface area contributed by atoms with Gasteiger partial charge in [-0.15, -0.1) is 0 Å². The van der Waals surface area contributed by atoms with E-state index in [-0.39, 0.29) is 5.54 Å². The molecule has 1 heterocycles. The molecule has 0 bridgehead atoms. The van der Waals surface area contributed by atoms with Crippen molar-refractivity contribution in [2.24, 2.45) is 0 Å². The number of unbranched alkanes of at least 4 members (excludes halogenated alkanes) is 3. The number of nitrogens with zero attached hydrogens (tertiary/aromatic N) is 1. The van der Waals surface area contributed by atoms with Crippen LogP contribution in [0.25, 0.3) is 10.9 Å². The van der Waals surface area contributed by atoms with Gasteiger partial charge in [-0.1, -0.05) is 25.8 Å². The molecule has 0 aliphatic carbocycles. The number of rotatable bonds is 10.